The van der Waals surface area contributed by atoms with Crippen LogP contribution in [0.5, 0.6) is 0 Å². The van der Waals surface area contributed by atoms with E-state index in [0.29, 0.717) is 13.2 Å². The second-order valence-electron chi connectivity index (χ2n) is 5.78. The Balaban J connectivity index is 2.17. The van der Waals surface area contributed by atoms with Crippen LogP contribution in [0.3, 0.4) is 0 Å². The summed E-state index contributed by atoms with van der Waals surface area (Å²) in [5.41, 5.74) is 0.101. The smallest absolute Gasteiger partial charge is 0.109 e. The van der Waals surface area contributed by atoms with Crippen LogP contribution in [-0.4, -0.2) is 53.1 Å². The van der Waals surface area contributed by atoms with E-state index < -0.39 is 5.60 Å². The number of nitrogens with zero attached hydrogens (tertiary/aromatic N) is 3. The maximum absolute atomic E-state index is 11.2. The van der Waals surface area contributed by atoms with Crippen molar-refractivity contribution in [2.45, 2.75) is 44.8 Å². The average Bonchev–Trinajstić information content (AvgIpc) is 2.73. The molecular formula is C15H26BrN3O2. The Morgan fingerprint density at radius 1 is 1.38 bits per heavy atom. The molecule has 2 heterocycles. The lowest BCUT2D eigenvalue weighted by Gasteiger charge is -2.28. The molecule has 1 aromatic rings. The molecule has 1 N–H and O–H groups in total. The van der Waals surface area contributed by atoms with E-state index in [1.54, 1.807) is 13.3 Å². The van der Waals surface area contributed by atoms with Gasteiger partial charge in [0.1, 0.15) is 5.60 Å². The molecular weight excluding hydrogens is 334 g/mol. The van der Waals surface area contributed by atoms with Gasteiger partial charge in [-0.1, -0.05) is 6.92 Å². The van der Waals surface area contributed by atoms with E-state index in [1.807, 2.05) is 4.68 Å². The molecule has 1 aromatic heterocycles. The van der Waals surface area contributed by atoms with Gasteiger partial charge in [0.05, 0.1) is 29.5 Å². The van der Waals surface area contributed by atoms with Crippen molar-refractivity contribution in [1.82, 2.24) is 14.7 Å². The minimum atomic E-state index is -0.800. The van der Waals surface area contributed by atoms with Crippen molar-refractivity contribution in [2.24, 2.45) is 0 Å². The van der Waals surface area contributed by atoms with E-state index >= 15 is 0 Å². The number of rotatable bonds is 6. The number of methoxy groups -OCH3 is 1. The molecule has 0 radical (unpaired) electrons. The Labute approximate surface area is 135 Å². The normalized spacial score (nSPS) is 24.2. The summed E-state index contributed by atoms with van der Waals surface area (Å²) in [6, 6.07) is 0. The molecule has 1 unspecified atom stereocenters. The van der Waals surface area contributed by atoms with Crippen LogP contribution in [0.4, 0.5) is 0 Å². The lowest BCUT2D eigenvalue weighted by Crippen LogP contribution is -2.32. The molecule has 5 nitrogen and oxygen atoms in total. The van der Waals surface area contributed by atoms with Gasteiger partial charge in [0, 0.05) is 13.7 Å². The maximum atomic E-state index is 11.2. The Bertz CT molecular complexity index is 452. The number of aliphatic hydroxyl groups is 1. The third-order valence-corrected chi connectivity index (χ3v) is 4.77. The predicted octanol–water partition coefficient (Wildman–Crippen LogP) is 2.38. The van der Waals surface area contributed by atoms with E-state index in [0.717, 1.165) is 55.5 Å². The molecule has 0 saturated carbocycles. The highest BCUT2D eigenvalue weighted by Gasteiger charge is 2.36. The van der Waals surface area contributed by atoms with Gasteiger partial charge in [-0.05, 0) is 54.7 Å². The summed E-state index contributed by atoms with van der Waals surface area (Å²) in [5, 5.41) is 15.6. The lowest BCUT2D eigenvalue weighted by molar-refractivity contribution is 0.0106. The number of ether oxygens (including phenoxy) is 1. The topological polar surface area (TPSA) is 50.5 Å². The van der Waals surface area contributed by atoms with E-state index in [9.17, 15) is 5.11 Å². The summed E-state index contributed by atoms with van der Waals surface area (Å²) in [6.07, 6.45) is 5.48. The zero-order chi connectivity index (χ0) is 15.3. The third kappa shape index (κ3) is 4.06. The highest BCUT2D eigenvalue weighted by Crippen LogP contribution is 2.37. The Hall–Kier alpha value is -0.430. The SMILES string of the molecule is CCCN1CCCC(O)(c2c(Br)cnn2CCOC)CC1. The van der Waals surface area contributed by atoms with Gasteiger partial charge >= 0.3 is 0 Å². The van der Waals surface area contributed by atoms with E-state index in [2.05, 4.69) is 32.9 Å². The predicted molar refractivity (Wildman–Crippen MR) is 86.3 cm³/mol. The van der Waals surface area contributed by atoms with Gasteiger partial charge in [0.25, 0.3) is 0 Å². The van der Waals surface area contributed by atoms with Crippen molar-refractivity contribution in [3.8, 4) is 0 Å². The lowest BCUT2D eigenvalue weighted by atomic mass is 9.91. The molecule has 1 atom stereocenters. The van der Waals surface area contributed by atoms with Crippen molar-refractivity contribution in [2.75, 3.05) is 33.4 Å². The van der Waals surface area contributed by atoms with E-state index in [-0.39, 0.29) is 0 Å². The molecule has 0 aliphatic carbocycles. The van der Waals surface area contributed by atoms with Gasteiger partial charge in [0.15, 0.2) is 0 Å². The summed E-state index contributed by atoms with van der Waals surface area (Å²) >= 11 is 3.55. The van der Waals surface area contributed by atoms with Crippen LogP contribution in [0, 0.1) is 0 Å². The molecule has 21 heavy (non-hydrogen) atoms. The summed E-state index contributed by atoms with van der Waals surface area (Å²) < 4.78 is 7.91. The molecule has 1 aliphatic rings. The van der Waals surface area contributed by atoms with Crippen molar-refractivity contribution in [1.29, 1.82) is 0 Å². The zero-order valence-corrected chi connectivity index (χ0v) is 14.6. The van der Waals surface area contributed by atoms with Crippen molar-refractivity contribution >= 4 is 15.9 Å². The van der Waals surface area contributed by atoms with E-state index in [4.69, 9.17) is 4.74 Å². The first kappa shape index (κ1) is 16.9. The molecule has 1 fully saturated rings. The summed E-state index contributed by atoms with van der Waals surface area (Å²) in [6.45, 7) is 6.58. The fourth-order valence-electron chi connectivity index (χ4n) is 3.12. The number of hydrogen-bond donors (Lipinski definition) is 1. The van der Waals surface area contributed by atoms with Crippen LogP contribution >= 0.6 is 15.9 Å². The molecule has 2 rings (SSSR count). The average molecular weight is 360 g/mol. The number of aromatic nitrogens is 2. The van der Waals surface area contributed by atoms with Crippen LogP contribution in [0.2, 0.25) is 0 Å². The fraction of sp³-hybridized carbons (Fsp3) is 0.800. The summed E-state index contributed by atoms with van der Waals surface area (Å²) in [7, 11) is 1.68. The first-order chi connectivity index (χ1) is 10.1. The van der Waals surface area contributed by atoms with E-state index in [1.165, 1.54) is 0 Å². The van der Waals surface area contributed by atoms with Crippen LogP contribution in [-0.2, 0) is 16.9 Å². The Kier molecular flexibility index (Phi) is 6.22. The number of hydrogen-bond acceptors (Lipinski definition) is 4. The number of halogens is 1. The van der Waals surface area contributed by atoms with Crippen molar-refractivity contribution < 1.29 is 9.84 Å². The van der Waals surface area contributed by atoms with Gasteiger partial charge < -0.3 is 14.7 Å². The molecule has 120 valence electrons. The molecule has 0 bridgehead atoms. The Morgan fingerprint density at radius 3 is 2.90 bits per heavy atom. The van der Waals surface area contributed by atoms with Crippen molar-refractivity contribution in [3.63, 3.8) is 0 Å². The standard InChI is InChI=1S/C15H26BrN3O2/c1-3-7-18-8-4-5-15(20,6-9-18)14-13(16)12-17-19(14)10-11-21-2/h12,20H,3-11H2,1-2H3. The van der Waals surface area contributed by atoms with Crippen LogP contribution < -0.4 is 0 Å². The van der Waals surface area contributed by atoms with Gasteiger partial charge in [-0.2, -0.15) is 5.10 Å². The van der Waals surface area contributed by atoms with Crippen LogP contribution in [0.25, 0.3) is 0 Å². The van der Waals surface area contributed by atoms with Crippen LogP contribution in [0.15, 0.2) is 10.7 Å². The second-order valence-corrected chi connectivity index (χ2v) is 6.64. The minimum Gasteiger partial charge on any atom is -0.383 e. The fourth-order valence-corrected chi connectivity index (χ4v) is 3.79. The van der Waals surface area contributed by atoms with Crippen molar-refractivity contribution in [3.05, 3.63) is 16.4 Å². The molecule has 0 amide bonds. The largest absolute Gasteiger partial charge is 0.383 e. The van der Waals surface area contributed by atoms with Gasteiger partial charge in [-0.3, -0.25) is 4.68 Å². The monoisotopic (exact) mass is 359 g/mol. The molecule has 0 aromatic carbocycles. The minimum absolute atomic E-state index is 0.596. The summed E-state index contributed by atoms with van der Waals surface area (Å²) in [4.78, 5) is 2.45. The summed E-state index contributed by atoms with van der Waals surface area (Å²) in [5.74, 6) is 0. The maximum Gasteiger partial charge on any atom is 0.109 e. The highest BCUT2D eigenvalue weighted by atomic mass is 79.9. The van der Waals surface area contributed by atoms with Crippen LogP contribution in [0.1, 0.15) is 38.3 Å². The molecule has 1 saturated heterocycles. The first-order valence-electron chi connectivity index (χ1n) is 7.76. The second kappa shape index (κ2) is 7.72. The number of likely N-dealkylation sites (tertiary alicyclic amines) is 1. The van der Waals surface area contributed by atoms with Gasteiger partial charge in [-0.15, -0.1) is 0 Å². The first-order valence-corrected chi connectivity index (χ1v) is 8.55. The molecule has 6 heteroatoms. The molecule has 0 spiro atoms. The quantitative estimate of drug-likeness (QED) is 0.846. The molecule has 1 aliphatic heterocycles. The third-order valence-electron chi connectivity index (χ3n) is 4.19. The highest BCUT2D eigenvalue weighted by molar-refractivity contribution is 9.10. The van der Waals surface area contributed by atoms with Gasteiger partial charge in [-0.25, -0.2) is 0 Å². The zero-order valence-electron chi connectivity index (χ0n) is 13.0. The Morgan fingerprint density at radius 2 is 2.19 bits per heavy atom. The van der Waals surface area contributed by atoms with Gasteiger partial charge in [0.2, 0.25) is 0 Å².